The third-order valence-corrected chi connectivity index (χ3v) is 3.47. The van der Waals surface area contributed by atoms with E-state index in [1.807, 2.05) is 25.5 Å². The minimum atomic E-state index is -0.179. The van der Waals surface area contributed by atoms with Gasteiger partial charge in [-0.3, -0.25) is 14.3 Å². The third-order valence-electron chi connectivity index (χ3n) is 3.47. The van der Waals surface area contributed by atoms with Gasteiger partial charge in [0.1, 0.15) is 0 Å². The molecule has 1 aliphatic rings. The van der Waals surface area contributed by atoms with E-state index in [0.717, 1.165) is 30.2 Å². The summed E-state index contributed by atoms with van der Waals surface area (Å²) in [6.45, 7) is 8.25. The largest absolute Gasteiger partial charge is 0.331 e. The zero-order valence-electron chi connectivity index (χ0n) is 12.2. The summed E-state index contributed by atoms with van der Waals surface area (Å²) in [6.07, 6.45) is 0. The highest BCUT2D eigenvalue weighted by Gasteiger charge is 2.21. The number of nitrogens with one attached hydrogen (secondary N) is 2. The van der Waals surface area contributed by atoms with Gasteiger partial charge in [-0.05, 0) is 20.8 Å². The SMILES string of the molecule is CCn1nc(C)c(NC(=O)CN2CCNCC2=O)c1C. The maximum Gasteiger partial charge on any atom is 0.244 e. The first-order chi connectivity index (χ1) is 9.52. The second-order valence-corrected chi connectivity index (χ2v) is 4.90. The standard InChI is InChI=1S/C13H21N5O2/c1-4-18-10(3)13(9(2)16-18)15-11(19)8-17-6-5-14-7-12(17)20/h14H,4-8H2,1-3H3,(H,15,19). The van der Waals surface area contributed by atoms with Gasteiger partial charge in [0.2, 0.25) is 11.8 Å². The van der Waals surface area contributed by atoms with Crippen molar-refractivity contribution in [2.75, 3.05) is 31.5 Å². The average Bonchev–Trinajstić information content (AvgIpc) is 2.69. The lowest BCUT2D eigenvalue weighted by Crippen LogP contribution is -2.50. The second kappa shape index (κ2) is 6.04. The molecule has 0 radical (unpaired) electrons. The smallest absolute Gasteiger partial charge is 0.244 e. The molecule has 1 aromatic rings. The van der Waals surface area contributed by atoms with Crippen molar-refractivity contribution in [2.24, 2.45) is 0 Å². The van der Waals surface area contributed by atoms with Crippen LogP contribution in [0.4, 0.5) is 5.69 Å². The van der Waals surface area contributed by atoms with Gasteiger partial charge in [-0.1, -0.05) is 0 Å². The van der Waals surface area contributed by atoms with Gasteiger partial charge in [0, 0.05) is 19.6 Å². The van der Waals surface area contributed by atoms with Gasteiger partial charge >= 0.3 is 0 Å². The fourth-order valence-electron chi connectivity index (χ4n) is 2.35. The van der Waals surface area contributed by atoms with Crippen molar-refractivity contribution >= 4 is 17.5 Å². The molecule has 2 N–H and O–H groups in total. The molecule has 1 aliphatic heterocycles. The number of carbonyl (C=O) groups is 2. The zero-order valence-corrected chi connectivity index (χ0v) is 12.2. The quantitative estimate of drug-likeness (QED) is 0.806. The van der Waals surface area contributed by atoms with Gasteiger partial charge in [0.25, 0.3) is 0 Å². The van der Waals surface area contributed by atoms with Crippen LogP contribution in [0.3, 0.4) is 0 Å². The fourth-order valence-corrected chi connectivity index (χ4v) is 2.35. The minimum Gasteiger partial charge on any atom is -0.331 e. The summed E-state index contributed by atoms with van der Waals surface area (Å²) < 4.78 is 1.85. The summed E-state index contributed by atoms with van der Waals surface area (Å²) in [5.41, 5.74) is 2.48. The molecule has 0 aliphatic carbocycles. The van der Waals surface area contributed by atoms with Crippen LogP contribution in [0.25, 0.3) is 0 Å². The van der Waals surface area contributed by atoms with Crippen molar-refractivity contribution in [1.82, 2.24) is 20.0 Å². The molecule has 0 spiro atoms. The maximum atomic E-state index is 12.1. The first kappa shape index (κ1) is 14.5. The fraction of sp³-hybridized carbons (Fsp3) is 0.615. The van der Waals surface area contributed by atoms with Crippen LogP contribution in [0.1, 0.15) is 18.3 Å². The molecule has 0 bridgehead atoms. The third kappa shape index (κ3) is 2.98. The van der Waals surface area contributed by atoms with Crippen molar-refractivity contribution in [3.63, 3.8) is 0 Å². The Labute approximate surface area is 118 Å². The van der Waals surface area contributed by atoms with E-state index in [9.17, 15) is 9.59 Å². The molecule has 20 heavy (non-hydrogen) atoms. The number of hydrogen-bond acceptors (Lipinski definition) is 4. The van der Waals surface area contributed by atoms with E-state index in [1.165, 1.54) is 0 Å². The molecule has 2 rings (SSSR count). The number of amides is 2. The van der Waals surface area contributed by atoms with E-state index in [2.05, 4.69) is 15.7 Å². The summed E-state index contributed by atoms with van der Waals surface area (Å²) in [4.78, 5) is 25.3. The molecule has 2 amide bonds. The molecule has 0 unspecified atom stereocenters. The molecule has 7 heteroatoms. The van der Waals surface area contributed by atoms with Crippen LogP contribution in [0.15, 0.2) is 0 Å². The zero-order chi connectivity index (χ0) is 14.7. The lowest BCUT2D eigenvalue weighted by molar-refractivity contribution is -0.135. The van der Waals surface area contributed by atoms with Crippen LogP contribution in [0, 0.1) is 13.8 Å². The molecule has 1 fully saturated rings. The van der Waals surface area contributed by atoms with Gasteiger partial charge in [-0.15, -0.1) is 0 Å². The Bertz CT molecular complexity index is 523. The predicted molar refractivity (Wildman–Crippen MR) is 75.5 cm³/mol. The van der Waals surface area contributed by atoms with Crippen molar-refractivity contribution in [3.8, 4) is 0 Å². The monoisotopic (exact) mass is 279 g/mol. The van der Waals surface area contributed by atoms with E-state index in [-0.39, 0.29) is 18.4 Å². The van der Waals surface area contributed by atoms with E-state index >= 15 is 0 Å². The molecule has 0 saturated carbocycles. The summed E-state index contributed by atoms with van der Waals surface area (Å²) in [5, 5.41) is 10.2. The number of rotatable bonds is 4. The van der Waals surface area contributed by atoms with Gasteiger partial charge < -0.3 is 15.5 Å². The molecule has 1 aromatic heterocycles. The lowest BCUT2D eigenvalue weighted by Gasteiger charge is -2.26. The topological polar surface area (TPSA) is 79.3 Å². The van der Waals surface area contributed by atoms with Crippen LogP contribution in [0.5, 0.6) is 0 Å². The summed E-state index contributed by atoms with van der Waals surface area (Å²) in [6, 6.07) is 0. The summed E-state index contributed by atoms with van der Waals surface area (Å²) in [7, 11) is 0. The minimum absolute atomic E-state index is 0.0379. The Kier molecular flexibility index (Phi) is 4.39. The number of carbonyl (C=O) groups excluding carboxylic acids is 2. The van der Waals surface area contributed by atoms with E-state index in [4.69, 9.17) is 0 Å². The van der Waals surface area contributed by atoms with Gasteiger partial charge in [0.05, 0.1) is 30.2 Å². The molecular weight excluding hydrogens is 258 g/mol. The van der Waals surface area contributed by atoms with Crippen molar-refractivity contribution in [2.45, 2.75) is 27.3 Å². The number of nitrogens with zero attached hydrogens (tertiary/aromatic N) is 3. The first-order valence-corrected chi connectivity index (χ1v) is 6.85. The number of aromatic nitrogens is 2. The average molecular weight is 279 g/mol. The Morgan fingerprint density at radius 1 is 1.45 bits per heavy atom. The number of aryl methyl sites for hydroxylation is 2. The first-order valence-electron chi connectivity index (χ1n) is 6.85. The molecular formula is C13H21N5O2. The molecule has 0 atom stereocenters. The number of hydrogen-bond donors (Lipinski definition) is 2. The summed E-state index contributed by atoms with van der Waals surface area (Å²) in [5.74, 6) is -0.216. The molecule has 110 valence electrons. The van der Waals surface area contributed by atoms with E-state index in [0.29, 0.717) is 13.1 Å². The molecule has 1 saturated heterocycles. The van der Waals surface area contributed by atoms with Crippen LogP contribution in [-0.2, 0) is 16.1 Å². The number of piperazine rings is 1. The highest BCUT2D eigenvalue weighted by atomic mass is 16.2. The second-order valence-electron chi connectivity index (χ2n) is 4.90. The molecule has 7 nitrogen and oxygen atoms in total. The predicted octanol–water partition coefficient (Wildman–Crippen LogP) is -0.110. The Morgan fingerprint density at radius 3 is 2.80 bits per heavy atom. The van der Waals surface area contributed by atoms with Gasteiger partial charge in [-0.2, -0.15) is 5.10 Å². The summed E-state index contributed by atoms with van der Waals surface area (Å²) >= 11 is 0. The highest BCUT2D eigenvalue weighted by Crippen LogP contribution is 2.19. The van der Waals surface area contributed by atoms with Crippen LogP contribution >= 0.6 is 0 Å². The van der Waals surface area contributed by atoms with Crippen LogP contribution in [0.2, 0.25) is 0 Å². The van der Waals surface area contributed by atoms with Crippen molar-refractivity contribution in [3.05, 3.63) is 11.4 Å². The normalized spacial score (nSPS) is 15.6. The van der Waals surface area contributed by atoms with Gasteiger partial charge in [-0.25, -0.2) is 0 Å². The number of anilines is 1. The van der Waals surface area contributed by atoms with Crippen LogP contribution < -0.4 is 10.6 Å². The van der Waals surface area contributed by atoms with Gasteiger partial charge in [0.15, 0.2) is 0 Å². The molecule has 0 aromatic carbocycles. The Morgan fingerprint density at radius 2 is 2.20 bits per heavy atom. The lowest BCUT2D eigenvalue weighted by atomic mass is 10.3. The van der Waals surface area contributed by atoms with Crippen molar-refractivity contribution < 1.29 is 9.59 Å². The highest BCUT2D eigenvalue weighted by molar-refractivity contribution is 5.95. The molecule has 2 heterocycles. The van der Waals surface area contributed by atoms with Crippen LogP contribution in [-0.4, -0.2) is 52.7 Å². The van der Waals surface area contributed by atoms with E-state index in [1.54, 1.807) is 4.90 Å². The van der Waals surface area contributed by atoms with Crippen molar-refractivity contribution in [1.29, 1.82) is 0 Å². The Hall–Kier alpha value is -1.89. The maximum absolute atomic E-state index is 12.1. The van der Waals surface area contributed by atoms with E-state index < -0.39 is 0 Å². The Balaban J connectivity index is 2.01.